The predicted octanol–water partition coefficient (Wildman–Crippen LogP) is 4.26. The van der Waals surface area contributed by atoms with Crippen molar-refractivity contribution in [2.24, 2.45) is 5.73 Å². The van der Waals surface area contributed by atoms with Crippen LogP contribution in [-0.2, 0) is 16.8 Å². The molecule has 1 aromatic rings. The third-order valence-corrected chi connectivity index (χ3v) is 3.89. The summed E-state index contributed by atoms with van der Waals surface area (Å²) in [5.74, 6) is 0. The largest absolute Gasteiger partial charge is 0.315 e. The lowest BCUT2D eigenvalue weighted by Gasteiger charge is -2.23. The van der Waals surface area contributed by atoms with Gasteiger partial charge in [0, 0.05) is 0 Å². The zero-order valence-electron chi connectivity index (χ0n) is 13.0. The lowest BCUT2D eigenvalue weighted by molar-refractivity contribution is 0.453. The van der Waals surface area contributed by atoms with E-state index in [-0.39, 0.29) is 0 Å². The number of unbranched alkanes of at least 4 members (excludes halogenated alkanes) is 4. The maximum absolute atomic E-state index is 11.3. The van der Waals surface area contributed by atoms with Crippen LogP contribution in [0, 0.1) is 0 Å². The molecule has 20 heavy (non-hydrogen) atoms. The fraction of sp³-hybridized carbons (Fsp3) is 0.611. The zero-order chi connectivity index (χ0) is 14.8. The van der Waals surface area contributed by atoms with Gasteiger partial charge in [-0.3, -0.25) is 4.79 Å². The highest BCUT2D eigenvalue weighted by atomic mass is 16.1. The van der Waals surface area contributed by atoms with E-state index < -0.39 is 5.54 Å². The molecule has 0 aliphatic rings. The molecule has 0 fully saturated rings. The molecule has 0 spiro atoms. The Kier molecular flexibility index (Phi) is 7.53. The van der Waals surface area contributed by atoms with Crippen molar-refractivity contribution in [1.82, 2.24) is 0 Å². The van der Waals surface area contributed by atoms with Crippen LogP contribution in [0.25, 0.3) is 0 Å². The fourth-order valence-electron chi connectivity index (χ4n) is 2.46. The second kappa shape index (κ2) is 8.91. The Hall–Kier alpha value is -1.15. The summed E-state index contributed by atoms with van der Waals surface area (Å²) in [5.41, 5.74) is 7.49. The molecule has 0 aliphatic carbocycles. The highest BCUT2D eigenvalue weighted by Crippen LogP contribution is 2.23. The second-order valence-electron chi connectivity index (χ2n) is 5.68. The third-order valence-electron chi connectivity index (χ3n) is 3.89. The van der Waals surface area contributed by atoms with Gasteiger partial charge in [-0.05, 0) is 30.4 Å². The van der Waals surface area contributed by atoms with E-state index in [9.17, 15) is 4.79 Å². The third kappa shape index (κ3) is 5.09. The monoisotopic (exact) mass is 274 g/mol. The standard InChI is InChI=1S/C18H28NO/c1-3-5-7-9-16-10-12-17(13-11-16)18(19,15-20)14-8-6-4-2/h10-13H,3-9,14,19H2,1-2H3. The fourth-order valence-corrected chi connectivity index (χ4v) is 2.46. The Morgan fingerprint density at radius 1 is 1.00 bits per heavy atom. The van der Waals surface area contributed by atoms with Gasteiger partial charge in [-0.25, -0.2) is 0 Å². The minimum Gasteiger partial charge on any atom is -0.315 e. The summed E-state index contributed by atoms with van der Waals surface area (Å²) in [6.07, 6.45) is 10.8. The summed E-state index contributed by atoms with van der Waals surface area (Å²) in [4.78, 5) is 11.3. The van der Waals surface area contributed by atoms with Gasteiger partial charge >= 0.3 is 0 Å². The lowest BCUT2D eigenvalue weighted by Crippen LogP contribution is -2.38. The molecule has 0 heterocycles. The van der Waals surface area contributed by atoms with E-state index in [1.165, 1.54) is 24.8 Å². The van der Waals surface area contributed by atoms with Crippen molar-refractivity contribution in [3.8, 4) is 0 Å². The number of carbonyl (C=O) groups excluding carboxylic acids is 1. The van der Waals surface area contributed by atoms with Crippen LogP contribution in [0.15, 0.2) is 24.3 Å². The molecule has 0 amide bonds. The summed E-state index contributed by atoms with van der Waals surface area (Å²) < 4.78 is 0. The van der Waals surface area contributed by atoms with E-state index in [0.717, 1.165) is 31.2 Å². The van der Waals surface area contributed by atoms with E-state index in [1.807, 2.05) is 12.1 Å². The Labute approximate surface area is 123 Å². The average Bonchev–Trinajstić information content (AvgIpc) is 2.48. The van der Waals surface area contributed by atoms with Crippen LogP contribution in [0.5, 0.6) is 0 Å². The van der Waals surface area contributed by atoms with E-state index in [2.05, 4.69) is 32.3 Å². The van der Waals surface area contributed by atoms with Crippen molar-refractivity contribution in [3.63, 3.8) is 0 Å². The highest BCUT2D eigenvalue weighted by molar-refractivity contribution is 5.68. The number of hydrogen-bond acceptors (Lipinski definition) is 2. The van der Waals surface area contributed by atoms with Crippen molar-refractivity contribution in [1.29, 1.82) is 0 Å². The molecule has 0 aromatic heterocycles. The second-order valence-corrected chi connectivity index (χ2v) is 5.68. The van der Waals surface area contributed by atoms with E-state index in [4.69, 9.17) is 5.73 Å². The number of aryl methyl sites for hydroxylation is 1. The first-order valence-electron chi connectivity index (χ1n) is 7.94. The normalized spacial score (nSPS) is 13.9. The molecular formula is C18H28NO. The van der Waals surface area contributed by atoms with Crippen LogP contribution < -0.4 is 5.73 Å². The van der Waals surface area contributed by atoms with Crippen molar-refractivity contribution in [2.75, 3.05) is 0 Å². The Bertz CT molecular complexity index is 385. The molecule has 1 unspecified atom stereocenters. The molecular weight excluding hydrogens is 246 g/mol. The number of benzene rings is 1. The first kappa shape index (κ1) is 16.9. The molecule has 0 bridgehead atoms. The van der Waals surface area contributed by atoms with Crippen LogP contribution in [0.1, 0.15) is 69.9 Å². The molecule has 1 aromatic carbocycles. The van der Waals surface area contributed by atoms with Crippen molar-refractivity contribution in [3.05, 3.63) is 35.4 Å². The van der Waals surface area contributed by atoms with Gasteiger partial charge in [0.2, 0.25) is 6.29 Å². The van der Waals surface area contributed by atoms with Crippen LogP contribution >= 0.6 is 0 Å². The number of rotatable bonds is 10. The van der Waals surface area contributed by atoms with Gasteiger partial charge in [0.25, 0.3) is 0 Å². The summed E-state index contributed by atoms with van der Waals surface area (Å²) in [5, 5.41) is 0. The molecule has 1 radical (unpaired) electrons. The van der Waals surface area contributed by atoms with E-state index in [1.54, 1.807) is 0 Å². The molecule has 111 valence electrons. The van der Waals surface area contributed by atoms with Gasteiger partial charge in [0.1, 0.15) is 5.54 Å². The maximum atomic E-state index is 11.3. The van der Waals surface area contributed by atoms with Gasteiger partial charge in [-0.1, -0.05) is 70.2 Å². The average molecular weight is 274 g/mol. The lowest BCUT2D eigenvalue weighted by atomic mass is 9.86. The summed E-state index contributed by atoms with van der Waals surface area (Å²) in [6.45, 7) is 4.36. The molecule has 1 rings (SSSR count). The molecule has 2 N–H and O–H groups in total. The van der Waals surface area contributed by atoms with E-state index in [0.29, 0.717) is 6.42 Å². The van der Waals surface area contributed by atoms with Gasteiger partial charge in [-0.2, -0.15) is 0 Å². The van der Waals surface area contributed by atoms with E-state index >= 15 is 0 Å². The Morgan fingerprint density at radius 3 is 2.15 bits per heavy atom. The SMILES string of the molecule is CCCCCc1ccc(C(N)([C]=O)CCCCC)cc1. The first-order chi connectivity index (χ1) is 9.66. The maximum Gasteiger partial charge on any atom is 0.224 e. The summed E-state index contributed by atoms with van der Waals surface area (Å²) >= 11 is 0. The molecule has 0 saturated heterocycles. The molecule has 2 heteroatoms. The van der Waals surface area contributed by atoms with Crippen molar-refractivity contribution in [2.45, 2.75) is 70.8 Å². The van der Waals surface area contributed by atoms with Crippen LogP contribution in [0.4, 0.5) is 0 Å². The van der Waals surface area contributed by atoms with Crippen LogP contribution in [0.3, 0.4) is 0 Å². The number of hydrogen-bond donors (Lipinski definition) is 1. The summed E-state index contributed by atoms with van der Waals surface area (Å²) in [6, 6.07) is 8.20. The van der Waals surface area contributed by atoms with Crippen LogP contribution in [0.2, 0.25) is 0 Å². The van der Waals surface area contributed by atoms with Crippen molar-refractivity contribution < 1.29 is 4.79 Å². The minimum atomic E-state index is -0.933. The molecule has 0 aliphatic heterocycles. The van der Waals surface area contributed by atoms with Gasteiger partial charge in [0.15, 0.2) is 0 Å². The minimum absolute atomic E-state index is 0.680. The molecule has 2 nitrogen and oxygen atoms in total. The van der Waals surface area contributed by atoms with Crippen LogP contribution in [-0.4, -0.2) is 6.29 Å². The Balaban J connectivity index is 2.66. The predicted molar refractivity (Wildman–Crippen MR) is 85.4 cm³/mol. The first-order valence-corrected chi connectivity index (χ1v) is 7.94. The van der Waals surface area contributed by atoms with Crippen molar-refractivity contribution >= 4 is 6.29 Å². The van der Waals surface area contributed by atoms with Gasteiger partial charge in [0.05, 0.1) is 0 Å². The Morgan fingerprint density at radius 2 is 1.60 bits per heavy atom. The highest BCUT2D eigenvalue weighted by Gasteiger charge is 2.27. The number of nitrogens with two attached hydrogens (primary N) is 1. The quantitative estimate of drug-likeness (QED) is 0.648. The molecule has 0 saturated carbocycles. The zero-order valence-corrected chi connectivity index (χ0v) is 13.0. The smallest absolute Gasteiger partial charge is 0.224 e. The van der Waals surface area contributed by atoms with Gasteiger partial charge in [-0.15, -0.1) is 0 Å². The topological polar surface area (TPSA) is 43.1 Å². The summed E-state index contributed by atoms with van der Waals surface area (Å²) in [7, 11) is 0. The molecule has 1 atom stereocenters. The van der Waals surface area contributed by atoms with Gasteiger partial charge < -0.3 is 5.73 Å².